The highest BCUT2D eigenvalue weighted by molar-refractivity contribution is 6.10. The smallest absolute Gasteiger partial charge is 0.189 e. The minimum atomic E-state index is -0.236. The normalized spacial score (nSPS) is 10.7. The topological polar surface area (TPSA) is 91.7 Å². The van der Waals surface area contributed by atoms with Gasteiger partial charge < -0.3 is 20.3 Å². The number of phenolic OH excluding ortho intramolecular Hbond substituents is 2. The molecule has 0 atom stereocenters. The van der Waals surface area contributed by atoms with Crippen molar-refractivity contribution >= 4 is 23.4 Å². The summed E-state index contributed by atoms with van der Waals surface area (Å²) in [6, 6.07) is 14.7. The molecule has 0 aliphatic rings. The molecule has 0 aliphatic heterocycles. The Morgan fingerprint density at radius 1 is 1.11 bits per heavy atom. The van der Waals surface area contributed by atoms with E-state index in [1.165, 1.54) is 19.3 Å². The van der Waals surface area contributed by atoms with Crippen LogP contribution < -0.4 is 10.1 Å². The second-order valence-corrected chi connectivity index (χ2v) is 5.70. The number of hydrogen-bond acceptors (Lipinski definition) is 6. The maximum atomic E-state index is 12.6. The van der Waals surface area contributed by atoms with Crippen molar-refractivity contribution in [1.82, 2.24) is 4.98 Å². The van der Waals surface area contributed by atoms with E-state index in [9.17, 15) is 15.0 Å². The van der Waals surface area contributed by atoms with Gasteiger partial charge in [0.2, 0.25) is 0 Å². The molecule has 3 rings (SSSR count). The molecule has 0 radical (unpaired) electrons. The summed E-state index contributed by atoms with van der Waals surface area (Å²) in [7, 11) is 1.47. The first-order valence-corrected chi connectivity index (χ1v) is 8.17. The number of pyridine rings is 1. The fraction of sp³-hybridized carbons (Fsp3) is 0.0476. The standard InChI is InChI=1S/C21H18N2O4/c1-27-20-11-5-14(13-19(20)26)4-10-18(25)17-3-2-12-22-21(17)23-15-6-8-16(24)9-7-15/h2-13,24,26H,1H3,(H,22,23)/b10-4+. The number of allylic oxidation sites excluding steroid dienone is 1. The molecular formula is C21H18N2O4. The summed E-state index contributed by atoms with van der Waals surface area (Å²) in [5.41, 5.74) is 1.77. The number of nitrogens with one attached hydrogen (secondary N) is 1. The first-order chi connectivity index (χ1) is 13.1. The third-order valence-corrected chi connectivity index (χ3v) is 3.83. The zero-order valence-corrected chi connectivity index (χ0v) is 14.6. The number of aromatic nitrogens is 1. The highest BCUT2D eigenvalue weighted by Crippen LogP contribution is 2.27. The molecule has 1 aromatic heterocycles. The van der Waals surface area contributed by atoms with Crippen LogP contribution in [0.25, 0.3) is 6.08 Å². The molecule has 27 heavy (non-hydrogen) atoms. The second kappa shape index (κ2) is 8.05. The van der Waals surface area contributed by atoms with Crippen molar-refractivity contribution in [3.8, 4) is 17.2 Å². The minimum Gasteiger partial charge on any atom is -0.508 e. The van der Waals surface area contributed by atoms with Crippen LogP contribution in [0.3, 0.4) is 0 Å². The molecule has 3 N–H and O–H groups in total. The Bertz CT molecular complexity index is 982. The van der Waals surface area contributed by atoms with Gasteiger partial charge in [-0.05, 0) is 60.2 Å². The number of benzene rings is 2. The Kier molecular flexibility index (Phi) is 5.37. The number of aromatic hydroxyl groups is 2. The van der Waals surface area contributed by atoms with Gasteiger partial charge in [-0.3, -0.25) is 4.79 Å². The lowest BCUT2D eigenvalue weighted by Gasteiger charge is -2.09. The number of carbonyl (C=O) groups excluding carboxylic acids is 1. The summed E-state index contributed by atoms with van der Waals surface area (Å²) < 4.78 is 5.00. The van der Waals surface area contributed by atoms with Crippen molar-refractivity contribution < 1.29 is 19.7 Å². The lowest BCUT2D eigenvalue weighted by molar-refractivity contribution is 0.104. The van der Waals surface area contributed by atoms with Gasteiger partial charge in [-0.25, -0.2) is 4.98 Å². The predicted molar refractivity (Wildman–Crippen MR) is 104 cm³/mol. The summed E-state index contributed by atoms with van der Waals surface area (Å²) in [5.74, 6) is 0.702. The van der Waals surface area contributed by atoms with E-state index in [0.29, 0.717) is 28.4 Å². The summed E-state index contributed by atoms with van der Waals surface area (Å²) in [6.45, 7) is 0. The number of carbonyl (C=O) groups is 1. The Morgan fingerprint density at radius 3 is 2.59 bits per heavy atom. The van der Waals surface area contributed by atoms with E-state index in [-0.39, 0.29) is 17.3 Å². The van der Waals surface area contributed by atoms with Crippen molar-refractivity contribution in [2.45, 2.75) is 0 Å². The molecule has 0 amide bonds. The zero-order valence-electron chi connectivity index (χ0n) is 14.6. The van der Waals surface area contributed by atoms with Crippen LogP contribution in [0, 0.1) is 0 Å². The molecule has 0 fully saturated rings. The second-order valence-electron chi connectivity index (χ2n) is 5.70. The van der Waals surface area contributed by atoms with Crippen LogP contribution in [0.5, 0.6) is 17.2 Å². The molecule has 0 bridgehead atoms. The maximum Gasteiger partial charge on any atom is 0.189 e. The fourth-order valence-corrected chi connectivity index (χ4v) is 2.46. The van der Waals surface area contributed by atoms with E-state index in [0.717, 1.165) is 0 Å². The highest BCUT2D eigenvalue weighted by atomic mass is 16.5. The van der Waals surface area contributed by atoms with Crippen molar-refractivity contribution in [1.29, 1.82) is 0 Å². The molecule has 6 nitrogen and oxygen atoms in total. The molecule has 1 heterocycles. The molecule has 0 saturated heterocycles. The molecule has 0 unspecified atom stereocenters. The van der Waals surface area contributed by atoms with Crippen LogP contribution >= 0.6 is 0 Å². The van der Waals surface area contributed by atoms with Crippen molar-refractivity contribution in [2.75, 3.05) is 12.4 Å². The van der Waals surface area contributed by atoms with Gasteiger partial charge in [0.1, 0.15) is 11.6 Å². The van der Waals surface area contributed by atoms with Crippen molar-refractivity contribution in [3.63, 3.8) is 0 Å². The molecule has 6 heteroatoms. The average Bonchev–Trinajstić information content (AvgIpc) is 2.68. The van der Waals surface area contributed by atoms with Crippen LogP contribution in [0.2, 0.25) is 0 Å². The average molecular weight is 362 g/mol. The number of hydrogen-bond donors (Lipinski definition) is 3. The number of ether oxygens (including phenoxy) is 1. The molecule has 136 valence electrons. The van der Waals surface area contributed by atoms with Crippen LogP contribution in [0.1, 0.15) is 15.9 Å². The Balaban J connectivity index is 1.80. The van der Waals surface area contributed by atoms with Gasteiger partial charge in [-0.15, -0.1) is 0 Å². The summed E-state index contributed by atoms with van der Waals surface area (Å²) in [4.78, 5) is 16.8. The molecule has 0 aliphatic carbocycles. The fourth-order valence-electron chi connectivity index (χ4n) is 2.46. The van der Waals surface area contributed by atoms with Gasteiger partial charge in [0.05, 0.1) is 12.7 Å². The van der Waals surface area contributed by atoms with Crippen molar-refractivity contribution in [3.05, 3.63) is 78.0 Å². The largest absolute Gasteiger partial charge is 0.508 e. The lowest BCUT2D eigenvalue weighted by atomic mass is 10.1. The summed E-state index contributed by atoms with van der Waals surface area (Å²) in [6.07, 6.45) is 4.61. The SMILES string of the molecule is COc1ccc(/C=C/C(=O)c2cccnc2Nc2ccc(O)cc2)cc1O. The first kappa shape index (κ1) is 18.0. The van der Waals surface area contributed by atoms with Gasteiger partial charge >= 0.3 is 0 Å². The number of nitrogens with zero attached hydrogens (tertiary/aromatic N) is 1. The number of ketones is 1. The number of rotatable bonds is 6. The molecule has 3 aromatic rings. The predicted octanol–water partition coefficient (Wildman–Crippen LogP) is 4.14. The number of anilines is 2. The Morgan fingerprint density at radius 2 is 1.89 bits per heavy atom. The summed E-state index contributed by atoms with van der Waals surface area (Å²) >= 11 is 0. The maximum absolute atomic E-state index is 12.6. The van der Waals surface area contributed by atoms with E-state index in [1.807, 2.05) is 0 Å². The van der Waals surface area contributed by atoms with E-state index in [4.69, 9.17) is 4.74 Å². The number of phenols is 2. The van der Waals surface area contributed by atoms with Crippen LogP contribution in [-0.4, -0.2) is 28.1 Å². The Labute approximate surface area is 156 Å². The Hall–Kier alpha value is -3.80. The van der Waals surface area contributed by atoms with Gasteiger partial charge in [0.15, 0.2) is 17.3 Å². The van der Waals surface area contributed by atoms with Gasteiger partial charge in [0.25, 0.3) is 0 Å². The quantitative estimate of drug-likeness (QED) is 0.347. The zero-order chi connectivity index (χ0) is 19.2. The minimum absolute atomic E-state index is 0.00293. The molecule has 2 aromatic carbocycles. The van der Waals surface area contributed by atoms with Gasteiger partial charge in [-0.1, -0.05) is 12.1 Å². The monoisotopic (exact) mass is 362 g/mol. The third kappa shape index (κ3) is 4.43. The van der Waals surface area contributed by atoms with E-state index in [2.05, 4.69) is 10.3 Å². The first-order valence-electron chi connectivity index (χ1n) is 8.17. The molecule has 0 saturated carbocycles. The van der Waals surface area contributed by atoms with E-state index >= 15 is 0 Å². The summed E-state index contributed by atoms with van der Waals surface area (Å²) in [5, 5.41) is 22.3. The van der Waals surface area contributed by atoms with Crippen LogP contribution in [-0.2, 0) is 0 Å². The van der Waals surface area contributed by atoms with E-state index in [1.54, 1.807) is 60.8 Å². The van der Waals surface area contributed by atoms with Crippen LogP contribution in [0.4, 0.5) is 11.5 Å². The third-order valence-electron chi connectivity index (χ3n) is 3.83. The van der Waals surface area contributed by atoms with Crippen molar-refractivity contribution in [2.24, 2.45) is 0 Å². The van der Waals surface area contributed by atoms with Gasteiger partial charge in [0, 0.05) is 11.9 Å². The lowest BCUT2D eigenvalue weighted by Crippen LogP contribution is -2.03. The van der Waals surface area contributed by atoms with Crippen LogP contribution in [0.15, 0.2) is 66.9 Å². The molecule has 0 spiro atoms. The van der Waals surface area contributed by atoms with Gasteiger partial charge in [-0.2, -0.15) is 0 Å². The number of methoxy groups -OCH3 is 1. The highest BCUT2D eigenvalue weighted by Gasteiger charge is 2.10. The van der Waals surface area contributed by atoms with E-state index < -0.39 is 0 Å². The molecular weight excluding hydrogens is 344 g/mol.